The Morgan fingerprint density at radius 1 is 1.03 bits per heavy atom. The van der Waals surface area contributed by atoms with E-state index in [-0.39, 0.29) is 5.41 Å². The molecule has 5 rings (SSSR count). The molecule has 0 spiro atoms. The third-order valence-electron chi connectivity index (χ3n) is 7.40. The molecule has 1 unspecified atom stereocenters. The van der Waals surface area contributed by atoms with Crippen LogP contribution in [-0.4, -0.2) is 47.3 Å². The largest absolute Gasteiger partial charge is 0.497 e. The molecular weight excluding hydrogens is 460 g/mol. The van der Waals surface area contributed by atoms with Crippen molar-refractivity contribution in [2.75, 3.05) is 41.9 Å². The number of pyridine rings is 1. The van der Waals surface area contributed by atoms with Gasteiger partial charge in [0.25, 0.3) is 0 Å². The summed E-state index contributed by atoms with van der Waals surface area (Å²) in [5, 5.41) is 3.67. The van der Waals surface area contributed by atoms with Crippen LogP contribution in [0.5, 0.6) is 5.75 Å². The number of rotatable bonds is 5. The number of benzene rings is 2. The first-order chi connectivity index (χ1) is 17.6. The molecule has 4 aromatic rings. The summed E-state index contributed by atoms with van der Waals surface area (Å²) in [6, 6.07) is 17.4. The molecule has 7 nitrogen and oxygen atoms in total. The molecule has 1 saturated heterocycles. The lowest BCUT2D eigenvalue weighted by molar-refractivity contribution is 0.414. The van der Waals surface area contributed by atoms with Crippen LogP contribution in [-0.2, 0) is 12.5 Å². The van der Waals surface area contributed by atoms with Crippen LogP contribution in [0.3, 0.4) is 0 Å². The SMILES string of the molecule is COc1ccc(N2CCN(c3cc4ncn(C)c4c(Nc4cc(C(C)(C)C)ccc4C)n3)C(C)C2)cc1. The van der Waals surface area contributed by atoms with Crippen molar-refractivity contribution in [2.24, 2.45) is 7.05 Å². The molecule has 0 radical (unpaired) electrons. The lowest BCUT2D eigenvalue weighted by atomic mass is 9.86. The number of hydrogen-bond donors (Lipinski definition) is 1. The number of anilines is 4. The molecule has 0 saturated carbocycles. The maximum absolute atomic E-state index is 5.32. The quantitative estimate of drug-likeness (QED) is 0.362. The number of imidazole rings is 1. The van der Waals surface area contributed by atoms with E-state index >= 15 is 0 Å². The van der Waals surface area contributed by atoms with Crippen molar-refractivity contribution in [3.05, 3.63) is 66.0 Å². The summed E-state index contributed by atoms with van der Waals surface area (Å²) in [7, 11) is 3.73. The van der Waals surface area contributed by atoms with Gasteiger partial charge in [-0.2, -0.15) is 0 Å². The smallest absolute Gasteiger partial charge is 0.159 e. The minimum absolute atomic E-state index is 0.0697. The normalized spacial score (nSPS) is 16.4. The number of methoxy groups -OCH3 is 1. The van der Waals surface area contributed by atoms with E-state index < -0.39 is 0 Å². The second-order valence-electron chi connectivity index (χ2n) is 11.1. The van der Waals surface area contributed by atoms with E-state index in [1.807, 2.05) is 30.1 Å². The maximum Gasteiger partial charge on any atom is 0.159 e. The number of piperazine rings is 1. The predicted molar refractivity (Wildman–Crippen MR) is 154 cm³/mol. The monoisotopic (exact) mass is 498 g/mol. The summed E-state index contributed by atoms with van der Waals surface area (Å²) in [6.07, 6.45) is 1.87. The van der Waals surface area contributed by atoms with Crippen molar-refractivity contribution in [2.45, 2.75) is 46.1 Å². The van der Waals surface area contributed by atoms with E-state index in [1.165, 1.54) is 16.8 Å². The summed E-state index contributed by atoms with van der Waals surface area (Å²) < 4.78 is 7.37. The van der Waals surface area contributed by atoms with E-state index in [4.69, 9.17) is 14.7 Å². The fourth-order valence-electron chi connectivity index (χ4n) is 5.07. The summed E-state index contributed by atoms with van der Waals surface area (Å²) in [5.41, 5.74) is 6.81. The molecule has 7 heteroatoms. The number of nitrogens with one attached hydrogen (secondary N) is 1. The summed E-state index contributed by atoms with van der Waals surface area (Å²) in [5.74, 6) is 2.68. The van der Waals surface area contributed by atoms with E-state index in [2.05, 4.69) is 86.1 Å². The molecule has 1 aliphatic heterocycles. The highest BCUT2D eigenvalue weighted by atomic mass is 16.5. The van der Waals surface area contributed by atoms with Crippen LogP contribution in [0.15, 0.2) is 54.9 Å². The van der Waals surface area contributed by atoms with Crippen LogP contribution in [0.1, 0.15) is 38.8 Å². The van der Waals surface area contributed by atoms with Crippen molar-refractivity contribution >= 4 is 34.0 Å². The summed E-state index contributed by atoms with van der Waals surface area (Å²) in [4.78, 5) is 14.7. The standard InChI is InChI=1S/C30H38N6O/c1-20-8-9-22(30(3,4)5)16-25(20)32-29-28-26(31-19-34(28)6)17-27(33-29)36-15-14-35(18-21(36)2)23-10-12-24(37-7)13-11-23/h8-13,16-17,19,21H,14-15,18H2,1-7H3,(H,32,33). The van der Waals surface area contributed by atoms with Gasteiger partial charge in [0, 0.05) is 50.2 Å². The molecule has 3 heterocycles. The molecule has 1 aliphatic rings. The number of fused-ring (bicyclic) bond motifs is 1. The topological polar surface area (TPSA) is 58.5 Å². The van der Waals surface area contributed by atoms with Crippen molar-refractivity contribution in [3.63, 3.8) is 0 Å². The number of aryl methyl sites for hydroxylation is 2. The Hall–Kier alpha value is -3.74. The van der Waals surface area contributed by atoms with Gasteiger partial charge in [-0.3, -0.25) is 0 Å². The zero-order chi connectivity index (χ0) is 26.3. The van der Waals surface area contributed by atoms with Crippen molar-refractivity contribution in [1.82, 2.24) is 14.5 Å². The second kappa shape index (κ2) is 9.61. The lowest BCUT2D eigenvalue weighted by Gasteiger charge is -2.41. The fraction of sp³-hybridized carbons (Fsp3) is 0.400. The van der Waals surface area contributed by atoms with E-state index in [0.717, 1.165) is 53.7 Å². The van der Waals surface area contributed by atoms with Gasteiger partial charge in [-0.1, -0.05) is 32.9 Å². The highest BCUT2D eigenvalue weighted by Gasteiger charge is 2.26. The number of ether oxygens (including phenoxy) is 1. The Morgan fingerprint density at radius 2 is 1.78 bits per heavy atom. The number of hydrogen-bond acceptors (Lipinski definition) is 6. The molecule has 1 N–H and O–H groups in total. The Bertz CT molecular complexity index is 1400. The van der Waals surface area contributed by atoms with Gasteiger partial charge in [-0.15, -0.1) is 0 Å². The molecule has 194 valence electrons. The average Bonchev–Trinajstić information content (AvgIpc) is 3.25. The van der Waals surface area contributed by atoms with Crippen LogP contribution in [0.2, 0.25) is 0 Å². The van der Waals surface area contributed by atoms with Gasteiger partial charge in [-0.25, -0.2) is 9.97 Å². The first-order valence-electron chi connectivity index (χ1n) is 13.0. The first kappa shape index (κ1) is 24.9. The van der Waals surface area contributed by atoms with Gasteiger partial charge in [0.05, 0.1) is 19.0 Å². The molecule has 1 fully saturated rings. The summed E-state index contributed by atoms with van der Waals surface area (Å²) >= 11 is 0. The molecule has 0 aliphatic carbocycles. The Morgan fingerprint density at radius 3 is 2.46 bits per heavy atom. The van der Waals surface area contributed by atoms with Gasteiger partial charge in [0.2, 0.25) is 0 Å². The van der Waals surface area contributed by atoms with Crippen LogP contribution in [0, 0.1) is 6.92 Å². The average molecular weight is 499 g/mol. The van der Waals surface area contributed by atoms with Crippen molar-refractivity contribution in [3.8, 4) is 5.75 Å². The highest BCUT2D eigenvalue weighted by molar-refractivity contribution is 5.91. The van der Waals surface area contributed by atoms with E-state index in [1.54, 1.807) is 7.11 Å². The lowest BCUT2D eigenvalue weighted by Crippen LogP contribution is -2.52. The minimum Gasteiger partial charge on any atom is -0.497 e. The minimum atomic E-state index is 0.0697. The molecule has 0 amide bonds. The highest BCUT2D eigenvalue weighted by Crippen LogP contribution is 2.33. The van der Waals surface area contributed by atoms with Crippen LogP contribution >= 0.6 is 0 Å². The third-order valence-corrected chi connectivity index (χ3v) is 7.40. The Kier molecular flexibility index (Phi) is 6.48. The van der Waals surface area contributed by atoms with Gasteiger partial charge in [0.15, 0.2) is 5.82 Å². The maximum atomic E-state index is 5.32. The molecule has 37 heavy (non-hydrogen) atoms. The van der Waals surface area contributed by atoms with E-state index in [0.29, 0.717) is 6.04 Å². The van der Waals surface area contributed by atoms with Crippen LogP contribution in [0.25, 0.3) is 11.0 Å². The van der Waals surface area contributed by atoms with Crippen LogP contribution < -0.4 is 19.9 Å². The molecule has 0 bridgehead atoms. The predicted octanol–water partition coefficient (Wildman–Crippen LogP) is 6.04. The zero-order valence-corrected chi connectivity index (χ0v) is 23.0. The van der Waals surface area contributed by atoms with Gasteiger partial charge in [0.1, 0.15) is 17.1 Å². The number of nitrogens with zero attached hydrogens (tertiary/aromatic N) is 5. The Balaban J connectivity index is 1.45. The van der Waals surface area contributed by atoms with Gasteiger partial charge in [-0.05, 0) is 60.7 Å². The zero-order valence-electron chi connectivity index (χ0n) is 23.0. The molecule has 2 aromatic carbocycles. The van der Waals surface area contributed by atoms with E-state index in [9.17, 15) is 0 Å². The van der Waals surface area contributed by atoms with Gasteiger partial charge < -0.3 is 24.4 Å². The van der Waals surface area contributed by atoms with Crippen molar-refractivity contribution < 1.29 is 4.74 Å². The molecular formula is C30H38N6O. The Labute approximate surface area is 220 Å². The third kappa shape index (κ3) is 4.95. The first-order valence-corrected chi connectivity index (χ1v) is 13.0. The molecule has 2 aromatic heterocycles. The second-order valence-corrected chi connectivity index (χ2v) is 11.1. The molecule has 1 atom stereocenters. The van der Waals surface area contributed by atoms with Crippen LogP contribution in [0.4, 0.5) is 23.0 Å². The number of aromatic nitrogens is 3. The van der Waals surface area contributed by atoms with Crippen molar-refractivity contribution in [1.29, 1.82) is 0 Å². The van der Waals surface area contributed by atoms with Gasteiger partial charge >= 0.3 is 0 Å². The fourth-order valence-corrected chi connectivity index (χ4v) is 5.07. The summed E-state index contributed by atoms with van der Waals surface area (Å²) in [6.45, 7) is 13.9.